The van der Waals surface area contributed by atoms with Crippen LogP contribution in [-0.4, -0.2) is 88.9 Å². The number of aryl methyl sites for hydroxylation is 1. The van der Waals surface area contributed by atoms with Crippen LogP contribution in [0.4, 0.5) is 0 Å². The SMILES string of the molecule is CCOC(=O)C1CCc2c(c(OC3OC(CO)C(O)C(O)C3O)c(OC3CCCCC3)c3occ(C4CNC(=O)C4)c23)C1. The van der Waals surface area contributed by atoms with E-state index in [1.807, 2.05) is 0 Å². The predicted molar refractivity (Wildman–Crippen MR) is 151 cm³/mol. The minimum Gasteiger partial charge on any atom is -0.483 e. The quantitative estimate of drug-likeness (QED) is 0.277. The summed E-state index contributed by atoms with van der Waals surface area (Å²) in [5, 5.41) is 45.2. The van der Waals surface area contributed by atoms with Gasteiger partial charge in [0, 0.05) is 35.4 Å². The molecule has 7 atom stereocenters. The third kappa shape index (κ3) is 5.71. The number of nitrogens with one attached hydrogen (secondary N) is 1. The lowest BCUT2D eigenvalue weighted by molar-refractivity contribution is -0.277. The summed E-state index contributed by atoms with van der Waals surface area (Å²) in [6, 6.07) is 0. The molecule has 1 saturated carbocycles. The molecule has 236 valence electrons. The highest BCUT2D eigenvalue weighted by Gasteiger charge is 2.46. The molecule has 7 unspecified atom stereocenters. The van der Waals surface area contributed by atoms with Crippen molar-refractivity contribution in [1.82, 2.24) is 5.32 Å². The van der Waals surface area contributed by atoms with Crippen LogP contribution in [0.1, 0.15) is 74.5 Å². The van der Waals surface area contributed by atoms with Crippen molar-refractivity contribution in [2.45, 2.75) is 107 Å². The number of furan rings is 1. The van der Waals surface area contributed by atoms with Crippen molar-refractivity contribution in [3.8, 4) is 11.5 Å². The third-order valence-corrected chi connectivity index (χ3v) is 9.32. The monoisotopic (exact) mass is 603 g/mol. The van der Waals surface area contributed by atoms with Crippen molar-refractivity contribution in [2.24, 2.45) is 5.92 Å². The maximum absolute atomic E-state index is 12.9. The van der Waals surface area contributed by atoms with Gasteiger partial charge in [-0.25, -0.2) is 0 Å². The zero-order valence-electron chi connectivity index (χ0n) is 24.3. The Kier molecular flexibility index (Phi) is 8.84. The maximum Gasteiger partial charge on any atom is 0.309 e. The van der Waals surface area contributed by atoms with Gasteiger partial charge in [-0.2, -0.15) is 0 Å². The fraction of sp³-hybridized carbons (Fsp3) is 0.677. The van der Waals surface area contributed by atoms with E-state index < -0.39 is 43.2 Å². The molecule has 1 aromatic carbocycles. The molecule has 12 nitrogen and oxygen atoms in total. The Bertz CT molecular complexity index is 1330. The number of amides is 1. The number of hydrogen-bond acceptors (Lipinski definition) is 11. The Hall–Kier alpha value is -2.90. The van der Waals surface area contributed by atoms with Gasteiger partial charge in [0.05, 0.1) is 31.5 Å². The summed E-state index contributed by atoms with van der Waals surface area (Å²) in [6.45, 7) is 1.89. The van der Waals surface area contributed by atoms with E-state index in [2.05, 4.69) is 5.32 Å². The van der Waals surface area contributed by atoms with Crippen molar-refractivity contribution < 1.29 is 53.4 Å². The van der Waals surface area contributed by atoms with E-state index in [0.29, 0.717) is 42.7 Å². The van der Waals surface area contributed by atoms with Crippen LogP contribution in [0, 0.1) is 5.92 Å². The van der Waals surface area contributed by atoms with Gasteiger partial charge in [-0.1, -0.05) is 6.42 Å². The molecule has 3 fully saturated rings. The number of ether oxygens (including phenoxy) is 4. The molecule has 4 aliphatic rings. The van der Waals surface area contributed by atoms with Gasteiger partial charge in [-0.05, 0) is 57.4 Å². The summed E-state index contributed by atoms with van der Waals surface area (Å²) in [7, 11) is 0. The van der Waals surface area contributed by atoms with Crippen LogP contribution < -0.4 is 14.8 Å². The molecule has 0 spiro atoms. The van der Waals surface area contributed by atoms with E-state index in [1.54, 1.807) is 13.2 Å². The molecular formula is C31H41NO11. The van der Waals surface area contributed by atoms with E-state index in [0.717, 1.165) is 48.6 Å². The third-order valence-electron chi connectivity index (χ3n) is 9.32. The van der Waals surface area contributed by atoms with Crippen LogP contribution >= 0.6 is 0 Å². The molecule has 0 radical (unpaired) electrons. The number of carbonyl (C=O) groups excluding carboxylic acids is 2. The standard InChI is InChI=1S/C31H41NO11/c1-2-39-30(38)15-8-9-18-19(10-15)27(43-31-26(37)25(36)24(35)21(13-33)42-31)29(41-17-6-4-3-5-7-17)28-23(18)20(14-40-28)16-11-22(34)32-12-16/h14-17,21,24-26,31,33,35-37H,2-13H2,1H3,(H,32,34). The van der Waals surface area contributed by atoms with Crippen molar-refractivity contribution in [3.05, 3.63) is 23.0 Å². The molecule has 2 aliphatic heterocycles. The van der Waals surface area contributed by atoms with Gasteiger partial charge in [0.2, 0.25) is 17.9 Å². The number of aliphatic hydroxyl groups is 4. The zero-order valence-corrected chi connectivity index (χ0v) is 24.3. The Balaban J connectivity index is 1.50. The molecular weight excluding hydrogens is 562 g/mol. The fourth-order valence-corrected chi connectivity index (χ4v) is 6.99. The van der Waals surface area contributed by atoms with Gasteiger partial charge in [-0.3, -0.25) is 9.59 Å². The first-order valence-electron chi connectivity index (χ1n) is 15.5. The topological polar surface area (TPSA) is 177 Å². The molecule has 12 heteroatoms. The van der Waals surface area contributed by atoms with E-state index >= 15 is 0 Å². The molecule has 6 rings (SSSR count). The van der Waals surface area contributed by atoms with Crippen LogP contribution in [0.2, 0.25) is 0 Å². The highest BCUT2D eigenvalue weighted by molar-refractivity contribution is 5.95. The van der Waals surface area contributed by atoms with Crippen molar-refractivity contribution in [3.63, 3.8) is 0 Å². The molecule has 3 heterocycles. The molecule has 1 aromatic heterocycles. The van der Waals surface area contributed by atoms with Gasteiger partial charge in [0.1, 0.15) is 24.4 Å². The number of carbonyl (C=O) groups is 2. The van der Waals surface area contributed by atoms with Gasteiger partial charge in [0.25, 0.3) is 0 Å². The zero-order chi connectivity index (χ0) is 30.2. The first-order valence-corrected chi connectivity index (χ1v) is 15.5. The van der Waals surface area contributed by atoms with E-state index in [1.165, 1.54) is 0 Å². The van der Waals surface area contributed by atoms with Gasteiger partial charge in [0.15, 0.2) is 11.3 Å². The van der Waals surface area contributed by atoms with Crippen molar-refractivity contribution in [1.29, 1.82) is 0 Å². The van der Waals surface area contributed by atoms with Gasteiger partial charge < -0.3 is 49.1 Å². The summed E-state index contributed by atoms with van der Waals surface area (Å²) in [6.07, 6.45) is 0.529. The average molecular weight is 604 g/mol. The minimum atomic E-state index is -1.64. The van der Waals surface area contributed by atoms with Crippen LogP contribution in [0.3, 0.4) is 0 Å². The largest absolute Gasteiger partial charge is 0.483 e. The number of esters is 1. The lowest BCUT2D eigenvalue weighted by atomic mass is 9.80. The summed E-state index contributed by atoms with van der Waals surface area (Å²) >= 11 is 0. The van der Waals surface area contributed by atoms with Crippen molar-refractivity contribution in [2.75, 3.05) is 19.8 Å². The van der Waals surface area contributed by atoms with E-state index in [4.69, 9.17) is 23.4 Å². The summed E-state index contributed by atoms with van der Waals surface area (Å²) in [5.74, 6) is -0.356. The molecule has 2 aliphatic carbocycles. The van der Waals surface area contributed by atoms with Gasteiger partial charge in [-0.15, -0.1) is 0 Å². The van der Waals surface area contributed by atoms with Crippen LogP contribution in [0.25, 0.3) is 11.0 Å². The molecule has 0 bridgehead atoms. The van der Waals surface area contributed by atoms with Gasteiger partial charge >= 0.3 is 5.97 Å². The van der Waals surface area contributed by atoms with Crippen molar-refractivity contribution >= 4 is 22.8 Å². The van der Waals surface area contributed by atoms with E-state index in [9.17, 15) is 30.0 Å². The second-order valence-electron chi connectivity index (χ2n) is 12.1. The lowest BCUT2D eigenvalue weighted by Gasteiger charge is -2.40. The minimum absolute atomic E-state index is 0.0307. The number of benzene rings is 1. The van der Waals surface area contributed by atoms with E-state index in [-0.39, 0.29) is 42.7 Å². The number of rotatable bonds is 8. The smallest absolute Gasteiger partial charge is 0.309 e. The Morgan fingerprint density at radius 2 is 1.79 bits per heavy atom. The summed E-state index contributed by atoms with van der Waals surface area (Å²) in [5.41, 5.74) is 2.91. The first kappa shape index (κ1) is 30.1. The Morgan fingerprint density at radius 3 is 2.49 bits per heavy atom. The van der Waals surface area contributed by atoms with Crippen LogP contribution in [0.15, 0.2) is 10.7 Å². The summed E-state index contributed by atoms with van der Waals surface area (Å²) in [4.78, 5) is 25.1. The normalized spacial score (nSPS) is 31.5. The number of aliphatic hydroxyl groups excluding tert-OH is 4. The van der Waals surface area contributed by atoms with Crippen LogP contribution in [0.5, 0.6) is 11.5 Å². The lowest BCUT2D eigenvalue weighted by Crippen LogP contribution is -2.60. The summed E-state index contributed by atoms with van der Waals surface area (Å²) < 4.78 is 30.4. The molecule has 5 N–H and O–H groups in total. The Labute approximate surface area is 249 Å². The maximum atomic E-state index is 12.9. The highest BCUT2D eigenvalue weighted by Crippen LogP contribution is 2.50. The molecule has 2 aromatic rings. The first-order chi connectivity index (χ1) is 20.8. The highest BCUT2D eigenvalue weighted by atomic mass is 16.7. The second kappa shape index (κ2) is 12.6. The Morgan fingerprint density at radius 1 is 1.00 bits per heavy atom. The average Bonchev–Trinajstić information content (AvgIpc) is 3.65. The number of hydrogen-bond donors (Lipinski definition) is 5. The second-order valence-corrected chi connectivity index (χ2v) is 12.1. The molecule has 43 heavy (non-hydrogen) atoms. The number of fused-ring (bicyclic) bond motifs is 3. The fourth-order valence-electron chi connectivity index (χ4n) is 6.99. The molecule has 2 saturated heterocycles. The molecule has 1 amide bonds. The van der Waals surface area contributed by atoms with Crippen LogP contribution in [-0.2, 0) is 31.9 Å². The predicted octanol–water partition coefficient (Wildman–Crippen LogP) is 1.59.